The van der Waals surface area contributed by atoms with E-state index >= 15 is 0 Å². The number of rotatable bonds is 5. The van der Waals surface area contributed by atoms with Crippen LogP contribution in [0.4, 0.5) is 5.69 Å². The standard InChI is InChI=1S/C15H12BrN3O3S/c1-9-7-10(16)4-5-11(9)17-13(20)8-23-15-19-18-14(22-15)12-3-2-6-21-12/h2-7H,8H2,1H3,(H,17,20). The van der Waals surface area contributed by atoms with Crippen LogP contribution in [0.25, 0.3) is 11.7 Å². The van der Waals surface area contributed by atoms with E-state index in [9.17, 15) is 4.79 Å². The Bertz CT molecular complexity index is 817. The summed E-state index contributed by atoms with van der Waals surface area (Å²) in [6.45, 7) is 1.93. The summed E-state index contributed by atoms with van der Waals surface area (Å²) in [5.74, 6) is 0.828. The van der Waals surface area contributed by atoms with Crippen molar-refractivity contribution < 1.29 is 13.6 Å². The Labute approximate surface area is 144 Å². The van der Waals surface area contributed by atoms with E-state index in [0.717, 1.165) is 15.7 Å². The largest absolute Gasteiger partial charge is 0.459 e. The zero-order valence-electron chi connectivity index (χ0n) is 12.1. The SMILES string of the molecule is Cc1cc(Br)ccc1NC(=O)CSc1nnc(-c2ccco2)o1. The van der Waals surface area contributed by atoms with E-state index in [4.69, 9.17) is 8.83 Å². The molecule has 0 fully saturated rings. The molecule has 0 saturated carbocycles. The molecule has 1 aromatic carbocycles. The summed E-state index contributed by atoms with van der Waals surface area (Å²) in [7, 11) is 0. The van der Waals surface area contributed by atoms with Crippen molar-refractivity contribution in [3.05, 3.63) is 46.6 Å². The van der Waals surface area contributed by atoms with Crippen LogP contribution in [0.2, 0.25) is 0 Å². The van der Waals surface area contributed by atoms with E-state index in [0.29, 0.717) is 16.9 Å². The highest BCUT2D eigenvalue weighted by Crippen LogP contribution is 2.24. The second kappa shape index (κ2) is 7.01. The molecule has 0 unspecified atom stereocenters. The van der Waals surface area contributed by atoms with E-state index in [1.165, 1.54) is 18.0 Å². The number of aryl methyl sites for hydroxylation is 1. The Balaban J connectivity index is 1.57. The number of furan rings is 1. The number of hydrogen-bond acceptors (Lipinski definition) is 6. The molecule has 6 nitrogen and oxygen atoms in total. The third kappa shape index (κ3) is 4.02. The molecular formula is C15H12BrN3O3S. The van der Waals surface area contributed by atoms with Crippen molar-refractivity contribution in [2.24, 2.45) is 0 Å². The number of aromatic nitrogens is 2. The minimum absolute atomic E-state index is 0.141. The van der Waals surface area contributed by atoms with Crippen LogP contribution >= 0.6 is 27.7 Å². The first-order valence-electron chi connectivity index (χ1n) is 6.68. The minimum Gasteiger partial charge on any atom is -0.459 e. The third-order valence-electron chi connectivity index (χ3n) is 2.93. The number of halogens is 1. The molecule has 0 radical (unpaired) electrons. The number of nitrogens with zero attached hydrogens (tertiary/aromatic N) is 2. The summed E-state index contributed by atoms with van der Waals surface area (Å²) < 4.78 is 11.6. The van der Waals surface area contributed by atoms with Gasteiger partial charge in [-0.25, -0.2) is 0 Å². The normalized spacial score (nSPS) is 10.7. The van der Waals surface area contributed by atoms with Gasteiger partial charge in [0.2, 0.25) is 5.91 Å². The third-order valence-corrected chi connectivity index (χ3v) is 4.24. The smallest absolute Gasteiger partial charge is 0.284 e. The molecule has 0 saturated heterocycles. The zero-order chi connectivity index (χ0) is 16.2. The van der Waals surface area contributed by atoms with Gasteiger partial charge in [-0.05, 0) is 42.8 Å². The van der Waals surface area contributed by atoms with Gasteiger partial charge in [0.1, 0.15) is 0 Å². The van der Waals surface area contributed by atoms with E-state index < -0.39 is 0 Å². The Hall–Kier alpha value is -2.06. The molecule has 0 spiro atoms. The molecule has 1 amide bonds. The topological polar surface area (TPSA) is 81.2 Å². The van der Waals surface area contributed by atoms with Crippen LogP contribution in [0.3, 0.4) is 0 Å². The van der Waals surface area contributed by atoms with Crippen molar-refractivity contribution in [3.8, 4) is 11.7 Å². The maximum atomic E-state index is 12.0. The monoisotopic (exact) mass is 393 g/mol. The second-order valence-electron chi connectivity index (χ2n) is 4.65. The zero-order valence-corrected chi connectivity index (χ0v) is 14.5. The van der Waals surface area contributed by atoms with E-state index in [2.05, 4.69) is 31.4 Å². The molecule has 8 heteroatoms. The quantitative estimate of drug-likeness (QED) is 0.656. The lowest BCUT2D eigenvalue weighted by atomic mass is 10.2. The lowest BCUT2D eigenvalue weighted by molar-refractivity contribution is -0.113. The highest BCUT2D eigenvalue weighted by atomic mass is 79.9. The molecule has 3 rings (SSSR count). The lowest BCUT2D eigenvalue weighted by Crippen LogP contribution is -2.14. The highest BCUT2D eigenvalue weighted by Gasteiger charge is 2.13. The number of benzene rings is 1. The molecule has 118 valence electrons. The molecule has 0 aliphatic carbocycles. The van der Waals surface area contributed by atoms with Gasteiger partial charge in [0, 0.05) is 10.2 Å². The fourth-order valence-corrected chi connectivity index (χ4v) is 2.89. The van der Waals surface area contributed by atoms with Crippen LogP contribution < -0.4 is 5.32 Å². The molecular weight excluding hydrogens is 382 g/mol. The lowest BCUT2D eigenvalue weighted by Gasteiger charge is -2.07. The molecule has 0 aliphatic rings. The van der Waals surface area contributed by atoms with Gasteiger partial charge >= 0.3 is 0 Å². The van der Waals surface area contributed by atoms with Gasteiger partial charge in [-0.15, -0.1) is 10.2 Å². The molecule has 0 atom stereocenters. The molecule has 0 aliphatic heterocycles. The number of amides is 1. The van der Waals surface area contributed by atoms with Crippen molar-refractivity contribution in [1.29, 1.82) is 0 Å². The van der Waals surface area contributed by atoms with Crippen molar-refractivity contribution in [3.63, 3.8) is 0 Å². The van der Waals surface area contributed by atoms with Gasteiger partial charge in [-0.1, -0.05) is 27.7 Å². The predicted molar refractivity (Wildman–Crippen MR) is 90.2 cm³/mol. The van der Waals surface area contributed by atoms with Gasteiger partial charge in [0.15, 0.2) is 5.76 Å². The summed E-state index contributed by atoms with van der Waals surface area (Å²) in [5.41, 5.74) is 1.76. The predicted octanol–water partition coefficient (Wildman–Crippen LogP) is 4.13. The number of anilines is 1. The van der Waals surface area contributed by atoms with Gasteiger partial charge < -0.3 is 14.2 Å². The molecule has 1 N–H and O–H groups in total. The van der Waals surface area contributed by atoms with Crippen molar-refractivity contribution in [2.75, 3.05) is 11.1 Å². The first kappa shape index (κ1) is 15.8. The Morgan fingerprint density at radius 2 is 2.22 bits per heavy atom. The van der Waals surface area contributed by atoms with Crippen LogP contribution in [-0.2, 0) is 4.79 Å². The fraction of sp³-hybridized carbons (Fsp3) is 0.133. The fourth-order valence-electron chi connectivity index (χ4n) is 1.85. The molecule has 2 aromatic heterocycles. The van der Waals surface area contributed by atoms with Crippen LogP contribution in [0.1, 0.15) is 5.56 Å². The summed E-state index contributed by atoms with van der Waals surface area (Å²) in [6.07, 6.45) is 1.53. The molecule has 3 aromatic rings. The number of hydrogen-bond donors (Lipinski definition) is 1. The van der Waals surface area contributed by atoms with Gasteiger partial charge in [-0.2, -0.15) is 0 Å². The first-order chi connectivity index (χ1) is 11.1. The minimum atomic E-state index is -0.141. The van der Waals surface area contributed by atoms with Crippen LogP contribution in [0.5, 0.6) is 0 Å². The molecule has 2 heterocycles. The van der Waals surface area contributed by atoms with E-state index in [-0.39, 0.29) is 11.7 Å². The van der Waals surface area contributed by atoms with Crippen LogP contribution in [0.15, 0.2) is 55.1 Å². The average Bonchev–Trinajstić information content (AvgIpc) is 3.18. The number of thioether (sulfide) groups is 1. The van der Waals surface area contributed by atoms with Crippen molar-refractivity contribution in [2.45, 2.75) is 12.1 Å². The Kier molecular flexibility index (Phi) is 4.82. The van der Waals surface area contributed by atoms with Crippen molar-refractivity contribution in [1.82, 2.24) is 10.2 Å². The van der Waals surface area contributed by atoms with Gasteiger partial charge in [0.05, 0.1) is 12.0 Å². The number of carbonyl (C=O) groups excluding carboxylic acids is 1. The molecule has 23 heavy (non-hydrogen) atoms. The number of nitrogens with one attached hydrogen (secondary N) is 1. The van der Waals surface area contributed by atoms with Crippen LogP contribution in [0, 0.1) is 6.92 Å². The van der Waals surface area contributed by atoms with E-state index in [1.54, 1.807) is 12.1 Å². The number of carbonyl (C=O) groups is 1. The average molecular weight is 394 g/mol. The summed E-state index contributed by atoms with van der Waals surface area (Å²) in [5, 5.41) is 10.9. The summed E-state index contributed by atoms with van der Waals surface area (Å²) in [4.78, 5) is 12.0. The Morgan fingerprint density at radius 3 is 2.96 bits per heavy atom. The van der Waals surface area contributed by atoms with Crippen LogP contribution in [-0.4, -0.2) is 21.9 Å². The highest BCUT2D eigenvalue weighted by molar-refractivity contribution is 9.10. The van der Waals surface area contributed by atoms with Gasteiger partial charge in [0.25, 0.3) is 11.1 Å². The maximum absolute atomic E-state index is 12.0. The second-order valence-corrected chi connectivity index (χ2v) is 6.49. The van der Waals surface area contributed by atoms with Gasteiger partial charge in [-0.3, -0.25) is 4.79 Å². The molecule has 0 bridgehead atoms. The Morgan fingerprint density at radius 1 is 1.35 bits per heavy atom. The van der Waals surface area contributed by atoms with E-state index in [1.807, 2.05) is 25.1 Å². The summed E-state index contributed by atoms with van der Waals surface area (Å²) in [6, 6.07) is 9.13. The first-order valence-corrected chi connectivity index (χ1v) is 8.46. The maximum Gasteiger partial charge on any atom is 0.284 e. The summed E-state index contributed by atoms with van der Waals surface area (Å²) >= 11 is 4.56. The van der Waals surface area contributed by atoms with Crippen molar-refractivity contribution >= 4 is 39.3 Å².